The summed E-state index contributed by atoms with van der Waals surface area (Å²) in [7, 11) is 0. The molecule has 5 heteroatoms. The standard InChI is InChI=1S/C18H20N2O2S/c1-12-3-8-16(11-13(12)2)23-10-9-17(21)20-15-6-4-14(5-7-15)18(19)22/h3-8,11H,9-10H2,1-2H3,(H2,19,22)(H,20,21). The van der Waals surface area contributed by atoms with E-state index in [1.165, 1.54) is 16.0 Å². The molecule has 0 spiro atoms. The van der Waals surface area contributed by atoms with Crippen molar-refractivity contribution in [2.75, 3.05) is 11.1 Å². The van der Waals surface area contributed by atoms with Crippen molar-refractivity contribution in [2.24, 2.45) is 5.73 Å². The van der Waals surface area contributed by atoms with E-state index in [-0.39, 0.29) is 5.91 Å². The Morgan fingerprint density at radius 2 is 1.74 bits per heavy atom. The summed E-state index contributed by atoms with van der Waals surface area (Å²) >= 11 is 1.67. The number of thioether (sulfide) groups is 1. The maximum atomic E-state index is 11.9. The summed E-state index contributed by atoms with van der Waals surface area (Å²) in [6.45, 7) is 4.17. The van der Waals surface area contributed by atoms with Gasteiger partial charge in [-0.15, -0.1) is 11.8 Å². The number of hydrogen-bond acceptors (Lipinski definition) is 3. The van der Waals surface area contributed by atoms with Gasteiger partial charge in [0, 0.05) is 28.3 Å². The van der Waals surface area contributed by atoms with Crippen molar-refractivity contribution in [1.82, 2.24) is 0 Å². The lowest BCUT2D eigenvalue weighted by molar-refractivity contribution is -0.115. The van der Waals surface area contributed by atoms with Crippen LogP contribution in [0.1, 0.15) is 27.9 Å². The first-order valence-electron chi connectivity index (χ1n) is 7.35. The fourth-order valence-corrected chi connectivity index (χ4v) is 2.95. The van der Waals surface area contributed by atoms with E-state index in [1.807, 2.05) is 0 Å². The van der Waals surface area contributed by atoms with E-state index in [2.05, 4.69) is 37.4 Å². The van der Waals surface area contributed by atoms with Crippen LogP contribution >= 0.6 is 11.8 Å². The lowest BCUT2D eigenvalue weighted by Crippen LogP contribution is -2.13. The van der Waals surface area contributed by atoms with Crippen LogP contribution in [0, 0.1) is 13.8 Å². The van der Waals surface area contributed by atoms with Gasteiger partial charge in [-0.25, -0.2) is 0 Å². The SMILES string of the molecule is Cc1ccc(SCCC(=O)Nc2ccc(C(N)=O)cc2)cc1C. The molecule has 0 aliphatic rings. The summed E-state index contributed by atoms with van der Waals surface area (Å²) in [6.07, 6.45) is 0.426. The lowest BCUT2D eigenvalue weighted by Gasteiger charge is -2.07. The van der Waals surface area contributed by atoms with E-state index in [0.717, 1.165) is 0 Å². The van der Waals surface area contributed by atoms with Crippen LogP contribution in [0.25, 0.3) is 0 Å². The summed E-state index contributed by atoms with van der Waals surface area (Å²) in [4.78, 5) is 24.1. The van der Waals surface area contributed by atoms with E-state index in [1.54, 1.807) is 36.0 Å². The summed E-state index contributed by atoms with van der Waals surface area (Å²) in [5.74, 6) is 0.189. The van der Waals surface area contributed by atoms with Gasteiger partial charge in [-0.1, -0.05) is 6.07 Å². The van der Waals surface area contributed by atoms with Crippen LogP contribution in [0.2, 0.25) is 0 Å². The fourth-order valence-electron chi connectivity index (χ4n) is 2.01. The topological polar surface area (TPSA) is 72.2 Å². The zero-order valence-corrected chi connectivity index (χ0v) is 14.1. The zero-order chi connectivity index (χ0) is 16.8. The van der Waals surface area contributed by atoms with Crippen molar-refractivity contribution in [2.45, 2.75) is 25.2 Å². The highest BCUT2D eigenvalue weighted by atomic mass is 32.2. The minimum Gasteiger partial charge on any atom is -0.366 e. The van der Waals surface area contributed by atoms with Crippen LogP contribution in [0.5, 0.6) is 0 Å². The second-order valence-electron chi connectivity index (χ2n) is 5.33. The van der Waals surface area contributed by atoms with Crippen molar-refractivity contribution >= 4 is 29.3 Å². The number of primary amides is 1. The first-order chi connectivity index (χ1) is 11.0. The molecule has 2 rings (SSSR count). The number of hydrogen-bond donors (Lipinski definition) is 2. The van der Waals surface area contributed by atoms with Gasteiger partial charge in [-0.2, -0.15) is 0 Å². The Morgan fingerprint density at radius 3 is 2.35 bits per heavy atom. The second-order valence-corrected chi connectivity index (χ2v) is 6.50. The van der Waals surface area contributed by atoms with Crippen molar-refractivity contribution in [3.05, 3.63) is 59.2 Å². The average Bonchev–Trinajstić information content (AvgIpc) is 2.51. The molecule has 0 aliphatic heterocycles. The smallest absolute Gasteiger partial charge is 0.248 e. The van der Waals surface area contributed by atoms with Gasteiger partial charge in [0.1, 0.15) is 0 Å². The van der Waals surface area contributed by atoms with E-state index < -0.39 is 5.91 Å². The van der Waals surface area contributed by atoms with Gasteiger partial charge >= 0.3 is 0 Å². The molecule has 2 amide bonds. The van der Waals surface area contributed by atoms with Gasteiger partial charge in [0.05, 0.1) is 0 Å². The molecule has 23 heavy (non-hydrogen) atoms. The number of carbonyl (C=O) groups excluding carboxylic acids is 2. The first-order valence-corrected chi connectivity index (χ1v) is 8.34. The van der Waals surface area contributed by atoms with Gasteiger partial charge < -0.3 is 11.1 Å². The van der Waals surface area contributed by atoms with Gasteiger partial charge in [-0.05, 0) is 61.4 Å². The average molecular weight is 328 g/mol. The summed E-state index contributed by atoms with van der Waals surface area (Å²) < 4.78 is 0. The summed E-state index contributed by atoms with van der Waals surface area (Å²) in [5.41, 5.74) is 8.79. The Bertz CT molecular complexity index is 711. The first kappa shape index (κ1) is 17.1. The number of benzene rings is 2. The largest absolute Gasteiger partial charge is 0.366 e. The Balaban J connectivity index is 1.80. The molecule has 2 aromatic carbocycles. The predicted octanol–water partition coefficient (Wildman–Crippen LogP) is 3.52. The summed E-state index contributed by atoms with van der Waals surface area (Å²) in [5, 5.41) is 2.81. The highest BCUT2D eigenvalue weighted by Gasteiger charge is 2.05. The third-order valence-corrected chi connectivity index (χ3v) is 4.52. The normalized spacial score (nSPS) is 10.3. The molecular formula is C18H20N2O2S. The second kappa shape index (κ2) is 7.83. The Kier molecular flexibility index (Phi) is 5.82. The molecule has 2 aromatic rings. The van der Waals surface area contributed by atoms with Gasteiger partial charge in [-0.3, -0.25) is 9.59 Å². The molecule has 0 fully saturated rings. The highest BCUT2D eigenvalue weighted by Crippen LogP contribution is 2.22. The third-order valence-electron chi connectivity index (χ3n) is 3.53. The molecular weight excluding hydrogens is 308 g/mol. The van der Waals surface area contributed by atoms with Gasteiger partial charge in [0.25, 0.3) is 0 Å². The number of anilines is 1. The Morgan fingerprint density at radius 1 is 1.04 bits per heavy atom. The number of carbonyl (C=O) groups is 2. The van der Waals surface area contributed by atoms with Crippen LogP contribution in [0.3, 0.4) is 0 Å². The minimum absolute atomic E-state index is 0.0480. The fraction of sp³-hybridized carbons (Fsp3) is 0.222. The Hall–Kier alpha value is -2.27. The monoisotopic (exact) mass is 328 g/mol. The van der Waals surface area contributed by atoms with Crippen molar-refractivity contribution in [3.63, 3.8) is 0 Å². The molecule has 0 heterocycles. The van der Waals surface area contributed by atoms with Gasteiger partial charge in [0.15, 0.2) is 0 Å². The third kappa shape index (κ3) is 5.14. The van der Waals surface area contributed by atoms with Crippen molar-refractivity contribution < 1.29 is 9.59 Å². The van der Waals surface area contributed by atoms with Crippen LogP contribution < -0.4 is 11.1 Å². The van der Waals surface area contributed by atoms with Crippen LogP contribution in [0.15, 0.2) is 47.4 Å². The number of rotatable bonds is 6. The molecule has 0 saturated carbocycles. The highest BCUT2D eigenvalue weighted by molar-refractivity contribution is 7.99. The molecule has 0 saturated heterocycles. The van der Waals surface area contributed by atoms with Gasteiger partial charge in [0.2, 0.25) is 11.8 Å². The van der Waals surface area contributed by atoms with E-state index in [0.29, 0.717) is 23.4 Å². The van der Waals surface area contributed by atoms with Crippen LogP contribution in [-0.2, 0) is 4.79 Å². The number of amides is 2. The maximum absolute atomic E-state index is 11.9. The molecule has 0 aromatic heterocycles. The Labute approximate surface area is 140 Å². The predicted molar refractivity (Wildman–Crippen MR) is 94.8 cm³/mol. The zero-order valence-electron chi connectivity index (χ0n) is 13.3. The summed E-state index contributed by atoms with van der Waals surface area (Å²) in [6, 6.07) is 12.9. The van der Waals surface area contributed by atoms with E-state index in [9.17, 15) is 9.59 Å². The number of nitrogens with one attached hydrogen (secondary N) is 1. The number of aryl methyl sites for hydroxylation is 2. The molecule has 3 N–H and O–H groups in total. The molecule has 120 valence electrons. The van der Waals surface area contributed by atoms with Crippen LogP contribution in [-0.4, -0.2) is 17.6 Å². The van der Waals surface area contributed by atoms with Crippen LogP contribution in [0.4, 0.5) is 5.69 Å². The van der Waals surface area contributed by atoms with Crippen molar-refractivity contribution in [3.8, 4) is 0 Å². The quantitative estimate of drug-likeness (QED) is 0.797. The molecule has 0 aliphatic carbocycles. The van der Waals surface area contributed by atoms with E-state index >= 15 is 0 Å². The lowest BCUT2D eigenvalue weighted by atomic mass is 10.1. The molecule has 4 nitrogen and oxygen atoms in total. The van der Waals surface area contributed by atoms with E-state index in [4.69, 9.17) is 5.73 Å². The van der Waals surface area contributed by atoms with Crippen molar-refractivity contribution in [1.29, 1.82) is 0 Å². The molecule has 0 bridgehead atoms. The maximum Gasteiger partial charge on any atom is 0.248 e. The molecule has 0 radical (unpaired) electrons. The molecule has 0 unspecified atom stereocenters. The molecule has 0 atom stereocenters. The number of nitrogens with two attached hydrogens (primary N) is 1. The minimum atomic E-state index is -0.479.